The van der Waals surface area contributed by atoms with Gasteiger partial charge in [-0.1, -0.05) is 24.3 Å². The van der Waals surface area contributed by atoms with Crippen LogP contribution in [0.25, 0.3) is 11.2 Å². The molecule has 2 bridgehead atoms. The number of likely N-dealkylation sites (tertiary alicyclic amines) is 2. The molecular weight excluding hydrogens is 426 g/mol. The quantitative estimate of drug-likeness (QED) is 0.613. The maximum atomic E-state index is 5.94. The SMILES string of the molecule is CN1C[C@@H]2C[C@H]1CN2Cc1ccc(Cn2cnc3c(N)nc(Cl)nc32)cc1.S.S. The number of benzene rings is 1. The summed E-state index contributed by atoms with van der Waals surface area (Å²) >= 11 is 5.94. The van der Waals surface area contributed by atoms with Gasteiger partial charge >= 0.3 is 0 Å². The lowest BCUT2D eigenvalue weighted by Gasteiger charge is -2.31. The molecule has 2 aliphatic heterocycles. The second kappa shape index (κ2) is 8.69. The topological polar surface area (TPSA) is 76.1 Å². The van der Waals surface area contributed by atoms with E-state index < -0.39 is 0 Å². The number of nitrogens with zero attached hydrogens (tertiary/aromatic N) is 6. The molecule has 2 aromatic heterocycles. The van der Waals surface area contributed by atoms with Crippen LogP contribution in [0.15, 0.2) is 30.6 Å². The summed E-state index contributed by atoms with van der Waals surface area (Å²) in [5, 5.41) is 0.141. The van der Waals surface area contributed by atoms with E-state index in [1.807, 2.05) is 4.57 Å². The van der Waals surface area contributed by atoms with Crippen LogP contribution in [0.3, 0.4) is 0 Å². The predicted molar refractivity (Wildman–Crippen MR) is 126 cm³/mol. The molecule has 2 N–H and O–H groups in total. The Kier molecular flexibility index (Phi) is 6.64. The minimum atomic E-state index is 0. The normalized spacial score (nSPS) is 21.3. The zero-order valence-corrected chi connectivity index (χ0v) is 19.0. The van der Waals surface area contributed by atoms with Crippen molar-refractivity contribution in [3.05, 3.63) is 47.0 Å². The van der Waals surface area contributed by atoms with E-state index in [9.17, 15) is 0 Å². The van der Waals surface area contributed by atoms with Crippen LogP contribution in [0.5, 0.6) is 0 Å². The Bertz CT molecular complexity index is 992. The largest absolute Gasteiger partial charge is 0.382 e. The Morgan fingerprint density at radius 1 is 1.03 bits per heavy atom. The van der Waals surface area contributed by atoms with Gasteiger partial charge in [0.25, 0.3) is 0 Å². The number of likely N-dealkylation sites (N-methyl/N-ethyl adjacent to an activating group) is 1. The highest BCUT2D eigenvalue weighted by molar-refractivity contribution is 7.59. The number of halogens is 1. The number of piperazine rings is 1. The van der Waals surface area contributed by atoms with Crippen molar-refractivity contribution in [2.24, 2.45) is 0 Å². The first-order valence-corrected chi connectivity index (χ1v) is 9.60. The second-order valence-electron chi connectivity index (χ2n) is 7.65. The van der Waals surface area contributed by atoms with Crippen LogP contribution < -0.4 is 5.73 Å². The van der Waals surface area contributed by atoms with Crippen LogP contribution >= 0.6 is 38.6 Å². The lowest BCUT2D eigenvalue weighted by molar-refractivity contribution is 0.143. The minimum Gasteiger partial charge on any atom is -0.382 e. The van der Waals surface area contributed by atoms with Crippen molar-refractivity contribution in [3.63, 3.8) is 0 Å². The first-order valence-electron chi connectivity index (χ1n) is 9.23. The van der Waals surface area contributed by atoms with E-state index in [2.05, 4.69) is 56.1 Å². The first kappa shape index (κ1) is 22.2. The fraction of sp³-hybridized carbons (Fsp3) is 0.421. The molecule has 0 saturated carbocycles. The van der Waals surface area contributed by atoms with E-state index in [1.54, 1.807) is 6.33 Å². The molecule has 2 aliphatic rings. The van der Waals surface area contributed by atoms with Gasteiger partial charge in [-0.05, 0) is 36.2 Å². The van der Waals surface area contributed by atoms with Crippen molar-refractivity contribution in [1.82, 2.24) is 29.3 Å². The van der Waals surface area contributed by atoms with Gasteiger partial charge < -0.3 is 15.2 Å². The third-order valence-corrected chi connectivity index (χ3v) is 6.02. The predicted octanol–water partition coefficient (Wildman–Crippen LogP) is 2.22. The highest BCUT2D eigenvalue weighted by Crippen LogP contribution is 2.30. The molecule has 10 heteroatoms. The molecule has 2 atom stereocenters. The molecule has 0 aliphatic carbocycles. The fourth-order valence-electron chi connectivity index (χ4n) is 4.38. The standard InChI is InChI=1S/C19H22ClN7.2H2S/c1-25-9-15-6-14(25)10-26(15)7-12-2-4-13(5-3-12)8-27-11-22-16-17(21)23-19(20)24-18(16)27;;/h2-5,11,14-15H,6-10H2,1H3,(H2,21,23,24);2*1H2/t14-,15-;;/m0../s1. The van der Waals surface area contributed by atoms with Crippen molar-refractivity contribution in [1.29, 1.82) is 0 Å². The molecule has 4 heterocycles. The van der Waals surface area contributed by atoms with Crippen LogP contribution in [0.2, 0.25) is 5.28 Å². The lowest BCUT2D eigenvalue weighted by atomic mass is 10.1. The van der Waals surface area contributed by atoms with Gasteiger partial charge in [-0.15, -0.1) is 0 Å². The Labute approximate surface area is 189 Å². The van der Waals surface area contributed by atoms with Gasteiger partial charge in [-0.3, -0.25) is 4.90 Å². The summed E-state index contributed by atoms with van der Waals surface area (Å²) < 4.78 is 1.95. The van der Waals surface area contributed by atoms with E-state index in [4.69, 9.17) is 17.3 Å². The zero-order chi connectivity index (χ0) is 18.5. The van der Waals surface area contributed by atoms with Gasteiger partial charge in [0.2, 0.25) is 5.28 Å². The maximum absolute atomic E-state index is 5.94. The monoisotopic (exact) mass is 451 g/mol. The molecule has 29 heavy (non-hydrogen) atoms. The smallest absolute Gasteiger partial charge is 0.226 e. The summed E-state index contributed by atoms with van der Waals surface area (Å²) in [4.78, 5) is 17.6. The average Bonchev–Trinajstić information content (AvgIpc) is 3.31. The highest BCUT2D eigenvalue weighted by Gasteiger charge is 2.40. The third-order valence-electron chi connectivity index (χ3n) is 5.85. The fourth-order valence-corrected chi connectivity index (χ4v) is 4.55. The van der Waals surface area contributed by atoms with Crippen LogP contribution in [0.1, 0.15) is 17.5 Å². The molecule has 2 saturated heterocycles. The van der Waals surface area contributed by atoms with Gasteiger partial charge in [0, 0.05) is 31.7 Å². The van der Waals surface area contributed by atoms with Gasteiger partial charge in [-0.25, -0.2) is 4.98 Å². The molecular formula is C19H26ClN7S2. The molecule has 7 nitrogen and oxygen atoms in total. The number of anilines is 1. The first-order chi connectivity index (χ1) is 13.1. The zero-order valence-electron chi connectivity index (χ0n) is 16.2. The van der Waals surface area contributed by atoms with Gasteiger partial charge in [0.05, 0.1) is 12.9 Å². The molecule has 2 fully saturated rings. The van der Waals surface area contributed by atoms with Crippen LogP contribution in [0.4, 0.5) is 5.82 Å². The van der Waals surface area contributed by atoms with Crippen molar-refractivity contribution in [2.75, 3.05) is 25.9 Å². The van der Waals surface area contributed by atoms with Crippen molar-refractivity contribution in [3.8, 4) is 0 Å². The van der Waals surface area contributed by atoms with Gasteiger partial charge in [0.1, 0.15) is 5.52 Å². The molecule has 0 radical (unpaired) electrons. The average molecular weight is 452 g/mol. The summed E-state index contributed by atoms with van der Waals surface area (Å²) in [5.74, 6) is 0.310. The van der Waals surface area contributed by atoms with E-state index in [0.717, 1.165) is 12.6 Å². The Hall–Kier alpha value is -1.52. The number of hydrogen-bond acceptors (Lipinski definition) is 6. The summed E-state index contributed by atoms with van der Waals surface area (Å²) in [5.41, 5.74) is 9.67. The number of aromatic nitrogens is 4. The van der Waals surface area contributed by atoms with Crippen molar-refractivity contribution in [2.45, 2.75) is 31.6 Å². The van der Waals surface area contributed by atoms with E-state index >= 15 is 0 Å². The number of fused-ring (bicyclic) bond motifs is 3. The number of imidazole rings is 1. The minimum absolute atomic E-state index is 0. The van der Waals surface area contributed by atoms with Crippen molar-refractivity contribution < 1.29 is 0 Å². The molecule has 3 aromatic rings. The molecule has 1 aromatic carbocycles. The Morgan fingerprint density at radius 3 is 2.34 bits per heavy atom. The van der Waals surface area contributed by atoms with Crippen LogP contribution in [0, 0.1) is 0 Å². The van der Waals surface area contributed by atoms with Gasteiger partial charge in [-0.2, -0.15) is 37.0 Å². The highest BCUT2D eigenvalue weighted by atomic mass is 35.5. The summed E-state index contributed by atoms with van der Waals surface area (Å²) in [6, 6.07) is 10.2. The third kappa shape index (κ3) is 4.20. The summed E-state index contributed by atoms with van der Waals surface area (Å²) in [6.45, 7) is 4.08. The summed E-state index contributed by atoms with van der Waals surface area (Å²) in [6.07, 6.45) is 3.05. The van der Waals surface area contributed by atoms with Crippen LogP contribution in [-0.2, 0) is 13.1 Å². The Morgan fingerprint density at radius 2 is 1.72 bits per heavy atom. The summed E-state index contributed by atoms with van der Waals surface area (Å²) in [7, 11) is 2.24. The lowest BCUT2D eigenvalue weighted by Crippen LogP contribution is -2.43. The van der Waals surface area contributed by atoms with E-state index in [-0.39, 0.29) is 32.3 Å². The maximum Gasteiger partial charge on any atom is 0.226 e. The van der Waals surface area contributed by atoms with E-state index in [1.165, 1.54) is 30.6 Å². The van der Waals surface area contributed by atoms with Crippen molar-refractivity contribution >= 4 is 55.6 Å². The molecule has 156 valence electrons. The molecule has 0 amide bonds. The van der Waals surface area contributed by atoms with Gasteiger partial charge in [0.15, 0.2) is 11.5 Å². The number of rotatable bonds is 4. The number of nitrogens with two attached hydrogens (primary N) is 1. The molecule has 0 unspecified atom stereocenters. The Balaban J connectivity index is 0.00000120. The molecule has 0 spiro atoms. The van der Waals surface area contributed by atoms with E-state index in [0.29, 0.717) is 29.6 Å². The number of hydrogen-bond donors (Lipinski definition) is 1. The second-order valence-corrected chi connectivity index (χ2v) is 7.99. The number of nitrogen functional groups attached to an aromatic ring is 1. The molecule has 5 rings (SSSR count). The van der Waals surface area contributed by atoms with Crippen LogP contribution in [-0.4, -0.2) is 61.5 Å².